The molecule has 0 aliphatic rings. The smallest absolute Gasteiger partial charge is 0.308 e. The summed E-state index contributed by atoms with van der Waals surface area (Å²) in [5, 5.41) is 2.32. The molecular formula is C15H17NO2. The number of hydrogen-bond acceptors (Lipinski definition) is 3. The predicted octanol–water partition coefficient (Wildman–Crippen LogP) is 2.89. The molecule has 18 heavy (non-hydrogen) atoms. The number of carbonyl (C=O) groups excluding carboxylic acids is 1. The molecule has 1 heterocycles. The third-order valence-corrected chi connectivity index (χ3v) is 3.10. The maximum Gasteiger partial charge on any atom is 0.308 e. The fourth-order valence-electron chi connectivity index (χ4n) is 2.14. The summed E-state index contributed by atoms with van der Waals surface area (Å²) in [5.41, 5.74) is 1.93. The van der Waals surface area contributed by atoms with Gasteiger partial charge in [0.25, 0.3) is 0 Å². The number of hydrogen-bond donors (Lipinski definition) is 0. The van der Waals surface area contributed by atoms with Crippen LogP contribution < -0.4 is 0 Å². The van der Waals surface area contributed by atoms with E-state index in [0.29, 0.717) is 6.42 Å². The van der Waals surface area contributed by atoms with Crippen LogP contribution in [0.3, 0.4) is 0 Å². The fourth-order valence-corrected chi connectivity index (χ4v) is 2.14. The molecule has 0 saturated heterocycles. The zero-order valence-electron chi connectivity index (χ0n) is 10.9. The third kappa shape index (κ3) is 2.50. The van der Waals surface area contributed by atoms with Gasteiger partial charge in [0.1, 0.15) is 0 Å². The molecule has 3 heteroatoms. The average Bonchev–Trinajstić information content (AvgIpc) is 2.37. The second-order valence-electron chi connectivity index (χ2n) is 4.55. The zero-order chi connectivity index (χ0) is 13.1. The number of nitrogens with zero attached hydrogens (tertiary/aromatic N) is 1. The van der Waals surface area contributed by atoms with Crippen LogP contribution in [0.5, 0.6) is 0 Å². The van der Waals surface area contributed by atoms with Crippen LogP contribution in [0, 0.1) is 12.8 Å². The first kappa shape index (κ1) is 12.6. The van der Waals surface area contributed by atoms with Crippen molar-refractivity contribution in [2.75, 3.05) is 7.11 Å². The van der Waals surface area contributed by atoms with Crippen LogP contribution in [0.2, 0.25) is 0 Å². The van der Waals surface area contributed by atoms with Crippen LogP contribution in [0.1, 0.15) is 18.3 Å². The number of ether oxygens (including phenoxy) is 1. The van der Waals surface area contributed by atoms with Gasteiger partial charge in [0.15, 0.2) is 0 Å². The molecule has 2 aromatic rings. The molecule has 1 unspecified atom stereocenters. The Morgan fingerprint density at radius 2 is 2.11 bits per heavy atom. The SMILES string of the molecule is COC(=O)C(C)Cc1cc2ccccc2c(C)n1. The number of aromatic nitrogens is 1. The number of benzene rings is 1. The van der Waals surface area contributed by atoms with Gasteiger partial charge in [-0.1, -0.05) is 31.2 Å². The highest BCUT2D eigenvalue weighted by Gasteiger charge is 2.15. The van der Waals surface area contributed by atoms with Gasteiger partial charge < -0.3 is 4.74 Å². The molecule has 0 spiro atoms. The normalized spacial score (nSPS) is 12.4. The van der Waals surface area contributed by atoms with Crippen molar-refractivity contribution in [2.45, 2.75) is 20.3 Å². The molecule has 0 aliphatic heterocycles. The zero-order valence-corrected chi connectivity index (χ0v) is 10.9. The molecule has 0 amide bonds. The van der Waals surface area contributed by atoms with Gasteiger partial charge in [-0.2, -0.15) is 0 Å². The van der Waals surface area contributed by atoms with Crippen molar-refractivity contribution in [2.24, 2.45) is 5.92 Å². The molecule has 0 fully saturated rings. The van der Waals surface area contributed by atoms with E-state index in [1.807, 2.05) is 32.0 Å². The lowest BCUT2D eigenvalue weighted by atomic mass is 10.0. The Labute approximate surface area is 107 Å². The van der Waals surface area contributed by atoms with E-state index in [1.54, 1.807) is 0 Å². The molecule has 0 radical (unpaired) electrons. The van der Waals surface area contributed by atoms with Crippen LogP contribution in [-0.4, -0.2) is 18.1 Å². The molecule has 0 N–H and O–H groups in total. The number of pyridine rings is 1. The van der Waals surface area contributed by atoms with E-state index in [4.69, 9.17) is 4.74 Å². The van der Waals surface area contributed by atoms with Crippen molar-refractivity contribution in [3.8, 4) is 0 Å². The molecule has 2 rings (SSSR count). The summed E-state index contributed by atoms with van der Waals surface area (Å²) < 4.78 is 4.74. The number of esters is 1. The van der Waals surface area contributed by atoms with Crippen molar-refractivity contribution in [3.63, 3.8) is 0 Å². The van der Waals surface area contributed by atoms with Gasteiger partial charge in [-0.25, -0.2) is 0 Å². The largest absolute Gasteiger partial charge is 0.469 e. The van der Waals surface area contributed by atoms with Gasteiger partial charge in [-0.05, 0) is 18.4 Å². The summed E-state index contributed by atoms with van der Waals surface area (Å²) in [4.78, 5) is 16.0. The minimum atomic E-state index is -0.192. The number of aryl methyl sites for hydroxylation is 1. The topological polar surface area (TPSA) is 39.2 Å². The van der Waals surface area contributed by atoms with Crippen LogP contribution in [-0.2, 0) is 16.0 Å². The van der Waals surface area contributed by atoms with Crippen molar-refractivity contribution in [1.82, 2.24) is 4.98 Å². The summed E-state index contributed by atoms with van der Waals surface area (Å²) in [5.74, 6) is -0.356. The quantitative estimate of drug-likeness (QED) is 0.778. The minimum absolute atomic E-state index is 0.164. The van der Waals surface area contributed by atoms with Crippen LogP contribution in [0.4, 0.5) is 0 Å². The summed E-state index contributed by atoms with van der Waals surface area (Å²) in [7, 11) is 1.41. The van der Waals surface area contributed by atoms with Crippen LogP contribution in [0.25, 0.3) is 10.8 Å². The molecule has 94 valence electrons. The van der Waals surface area contributed by atoms with Gasteiger partial charge in [-0.3, -0.25) is 9.78 Å². The van der Waals surface area contributed by atoms with E-state index < -0.39 is 0 Å². The highest BCUT2D eigenvalue weighted by atomic mass is 16.5. The van der Waals surface area contributed by atoms with E-state index in [-0.39, 0.29) is 11.9 Å². The second-order valence-corrected chi connectivity index (χ2v) is 4.55. The lowest BCUT2D eigenvalue weighted by Crippen LogP contribution is -2.15. The van der Waals surface area contributed by atoms with E-state index in [1.165, 1.54) is 7.11 Å². The second kappa shape index (κ2) is 5.17. The van der Waals surface area contributed by atoms with Gasteiger partial charge in [0.05, 0.1) is 13.0 Å². The Balaban J connectivity index is 2.32. The van der Waals surface area contributed by atoms with Gasteiger partial charge in [0.2, 0.25) is 0 Å². The number of methoxy groups -OCH3 is 1. The summed E-state index contributed by atoms with van der Waals surface area (Å²) in [6.45, 7) is 3.85. The monoisotopic (exact) mass is 243 g/mol. The minimum Gasteiger partial charge on any atom is -0.469 e. The Kier molecular flexibility index (Phi) is 3.60. The number of carbonyl (C=O) groups is 1. The molecule has 1 aromatic heterocycles. The van der Waals surface area contributed by atoms with Gasteiger partial charge in [0, 0.05) is 23.2 Å². The molecule has 0 saturated carbocycles. The maximum atomic E-state index is 11.4. The number of fused-ring (bicyclic) bond motifs is 1. The standard InChI is InChI=1S/C15H17NO2/c1-10(15(17)18-3)8-13-9-12-6-4-5-7-14(12)11(2)16-13/h4-7,9-10H,8H2,1-3H3. The van der Waals surface area contributed by atoms with Crippen molar-refractivity contribution in [1.29, 1.82) is 0 Å². The number of rotatable bonds is 3. The summed E-state index contributed by atoms with van der Waals surface area (Å²) in [6.07, 6.45) is 0.609. The Morgan fingerprint density at radius 1 is 1.39 bits per heavy atom. The summed E-state index contributed by atoms with van der Waals surface area (Å²) >= 11 is 0. The average molecular weight is 243 g/mol. The van der Waals surface area contributed by atoms with E-state index in [0.717, 1.165) is 22.2 Å². The molecule has 1 aromatic carbocycles. The van der Waals surface area contributed by atoms with Crippen molar-refractivity contribution in [3.05, 3.63) is 41.7 Å². The third-order valence-electron chi connectivity index (χ3n) is 3.10. The van der Waals surface area contributed by atoms with Gasteiger partial charge >= 0.3 is 5.97 Å². The molecule has 3 nitrogen and oxygen atoms in total. The molecule has 0 aliphatic carbocycles. The lowest BCUT2D eigenvalue weighted by Gasteiger charge is -2.10. The first-order valence-corrected chi connectivity index (χ1v) is 6.05. The van der Waals surface area contributed by atoms with E-state index >= 15 is 0 Å². The van der Waals surface area contributed by atoms with E-state index in [2.05, 4.69) is 17.1 Å². The first-order valence-electron chi connectivity index (χ1n) is 6.05. The molecule has 1 atom stereocenters. The van der Waals surface area contributed by atoms with Gasteiger partial charge in [-0.15, -0.1) is 0 Å². The molecular weight excluding hydrogens is 226 g/mol. The van der Waals surface area contributed by atoms with Crippen molar-refractivity contribution < 1.29 is 9.53 Å². The Morgan fingerprint density at radius 3 is 2.83 bits per heavy atom. The molecule has 0 bridgehead atoms. The predicted molar refractivity (Wildman–Crippen MR) is 71.4 cm³/mol. The van der Waals surface area contributed by atoms with E-state index in [9.17, 15) is 4.79 Å². The highest BCUT2D eigenvalue weighted by Crippen LogP contribution is 2.19. The summed E-state index contributed by atoms with van der Waals surface area (Å²) in [6, 6.07) is 10.2. The highest BCUT2D eigenvalue weighted by molar-refractivity contribution is 5.84. The Hall–Kier alpha value is -1.90. The lowest BCUT2D eigenvalue weighted by molar-refractivity contribution is -0.144. The van der Waals surface area contributed by atoms with Crippen LogP contribution in [0.15, 0.2) is 30.3 Å². The first-order chi connectivity index (χ1) is 8.61. The van der Waals surface area contributed by atoms with Crippen molar-refractivity contribution >= 4 is 16.7 Å². The fraction of sp³-hybridized carbons (Fsp3) is 0.333. The maximum absolute atomic E-state index is 11.4. The Bertz CT molecular complexity index is 578. The van der Waals surface area contributed by atoms with Crippen LogP contribution >= 0.6 is 0 Å².